The van der Waals surface area contributed by atoms with Crippen molar-refractivity contribution in [1.82, 2.24) is 25.6 Å². The van der Waals surface area contributed by atoms with Gasteiger partial charge in [-0.1, -0.05) is 18.2 Å². The molecule has 1 aliphatic heterocycles. The Hall–Kier alpha value is -3.35. The van der Waals surface area contributed by atoms with Gasteiger partial charge in [0.25, 0.3) is 5.91 Å². The number of rotatable bonds is 3. The molecular formula is C17H15N5O2. The summed E-state index contributed by atoms with van der Waals surface area (Å²) in [5, 5.41) is 6.49. The highest BCUT2D eigenvalue weighted by Gasteiger charge is 2.30. The fraction of sp³-hybridized carbons (Fsp3) is 0.118. The van der Waals surface area contributed by atoms with Crippen LogP contribution >= 0.6 is 0 Å². The van der Waals surface area contributed by atoms with Crippen LogP contribution in [0.15, 0.2) is 48.7 Å². The van der Waals surface area contributed by atoms with Gasteiger partial charge < -0.3 is 20.6 Å². The molecule has 0 bridgehead atoms. The average Bonchev–Trinajstić information content (AvgIpc) is 3.22. The van der Waals surface area contributed by atoms with Gasteiger partial charge in [0.05, 0.1) is 18.2 Å². The maximum Gasteiger partial charge on any atom is 0.268 e. The number of H-pyrrole nitrogens is 2. The first-order valence-corrected chi connectivity index (χ1v) is 7.57. The molecule has 1 saturated heterocycles. The van der Waals surface area contributed by atoms with Crippen LogP contribution in [-0.2, 0) is 16.0 Å². The van der Waals surface area contributed by atoms with Crippen molar-refractivity contribution in [1.29, 1.82) is 0 Å². The molecule has 7 heteroatoms. The molecule has 4 N–H and O–H groups in total. The number of hydrogen-bond donors (Lipinski definition) is 4. The number of carbonyl (C=O) groups excluding carboxylic acids is 2. The highest BCUT2D eigenvalue weighted by molar-refractivity contribution is 6.07. The van der Waals surface area contributed by atoms with Gasteiger partial charge in [-0.15, -0.1) is 0 Å². The number of imidazole rings is 1. The lowest BCUT2D eigenvalue weighted by molar-refractivity contribution is -0.131. The van der Waals surface area contributed by atoms with E-state index >= 15 is 0 Å². The number of amides is 2. The molecule has 1 aromatic carbocycles. The van der Waals surface area contributed by atoms with Crippen LogP contribution in [0.2, 0.25) is 0 Å². The van der Waals surface area contributed by atoms with Gasteiger partial charge in [0, 0.05) is 23.5 Å². The lowest BCUT2D eigenvalue weighted by atomic mass is 10.0. The van der Waals surface area contributed by atoms with Crippen LogP contribution in [0.5, 0.6) is 0 Å². The molecule has 1 unspecified atom stereocenters. The van der Waals surface area contributed by atoms with E-state index in [9.17, 15) is 9.59 Å². The summed E-state index contributed by atoms with van der Waals surface area (Å²) in [6.45, 7) is 0. The van der Waals surface area contributed by atoms with Crippen molar-refractivity contribution in [2.24, 2.45) is 0 Å². The quantitative estimate of drug-likeness (QED) is 0.543. The standard InChI is InChI=1S/C17H15N5O2/c23-16-14(5-10-7-19-13-4-2-1-3-12(10)13)21-17(24)15(22-16)6-11-8-18-9-20-11/h1-4,6-9,14,19H,5H2,(H,18,20)(H,21,24)(H,22,23)/b15-6+. The lowest BCUT2D eigenvalue weighted by Gasteiger charge is -2.24. The monoisotopic (exact) mass is 321 g/mol. The van der Waals surface area contributed by atoms with Crippen LogP contribution < -0.4 is 10.6 Å². The van der Waals surface area contributed by atoms with Crippen LogP contribution in [0.1, 0.15) is 11.3 Å². The van der Waals surface area contributed by atoms with Gasteiger partial charge in [0.15, 0.2) is 0 Å². The molecule has 24 heavy (non-hydrogen) atoms. The van der Waals surface area contributed by atoms with Crippen LogP contribution in [-0.4, -0.2) is 32.8 Å². The van der Waals surface area contributed by atoms with E-state index in [1.807, 2.05) is 30.5 Å². The number of benzene rings is 1. The second kappa shape index (κ2) is 5.69. The predicted octanol–water partition coefficient (Wildman–Crippen LogP) is 1.09. The van der Waals surface area contributed by atoms with Crippen molar-refractivity contribution in [2.45, 2.75) is 12.5 Å². The van der Waals surface area contributed by atoms with Gasteiger partial charge in [0.2, 0.25) is 5.91 Å². The molecule has 3 aromatic rings. The van der Waals surface area contributed by atoms with Crippen LogP contribution in [0.4, 0.5) is 0 Å². The fourth-order valence-corrected chi connectivity index (χ4v) is 2.85. The number of aromatic amines is 2. The molecule has 120 valence electrons. The van der Waals surface area contributed by atoms with E-state index in [-0.39, 0.29) is 17.5 Å². The van der Waals surface area contributed by atoms with Gasteiger partial charge in [-0.3, -0.25) is 9.59 Å². The van der Waals surface area contributed by atoms with Crippen molar-refractivity contribution >= 4 is 28.8 Å². The second-order valence-electron chi connectivity index (χ2n) is 5.64. The zero-order valence-corrected chi connectivity index (χ0v) is 12.7. The third-order valence-electron chi connectivity index (χ3n) is 4.04. The smallest absolute Gasteiger partial charge is 0.268 e. The van der Waals surface area contributed by atoms with Crippen molar-refractivity contribution in [3.8, 4) is 0 Å². The minimum Gasteiger partial charge on any atom is -0.361 e. The van der Waals surface area contributed by atoms with Crippen LogP contribution in [0, 0.1) is 0 Å². The first kappa shape index (κ1) is 14.3. The Morgan fingerprint density at radius 3 is 2.88 bits per heavy atom. The highest BCUT2D eigenvalue weighted by atomic mass is 16.2. The Morgan fingerprint density at radius 1 is 1.17 bits per heavy atom. The first-order chi connectivity index (χ1) is 11.7. The average molecular weight is 321 g/mol. The molecule has 0 radical (unpaired) electrons. The molecule has 0 saturated carbocycles. The Bertz CT molecular complexity index is 939. The van der Waals surface area contributed by atoms with Crippen LogP contribution in [0.3, 0.4) is 0 Å². The molecule has 1 aliphatic rings. The Kier molecular flexibility index (Phi) is 3.38. The maximum atomic E-state index is 12.3. The zero-order chi connectivity index (χ0) is 16.5. The van der Waals surface area contributed by atoms with Gasteiger partial charge >= 0.3 is 0 Å². The number of nitrogens with one attached hydrogen (secondary N) is 4. The van der Waals surface area contributed by atoms with Crippen molar-refractivity contribution in [2.75, 3.05) is 0 Å². The topological polar surface area (TPSA) is 103 Å². The number of piperazine rings is 1. The number of carbonyl (C=O) groups is 2. The summed E-state index contributed by atoms with van der Waals surface area (Å²) in [5.74, 6) is -0.542. The molecule has 2 amide bonds. The van der Waals surface area contributed by atoms with E-state index in [0.29, 0.717) is 12.1 Å². The molecule has 3 heterocycles. The predicted molar refractivity (Wildman–Crippen MR) is 88.6 cm³/mol. The molecule has 1 fully saturated rings. The highest BCUT2D eigenvalue weighted by Crippen LogP contribution is 2.20. The van der Waals surface area contributed by atoms with Gasteiger partial charge in [0.1, 0.15) is 11.7 Å². The van der Waals surface area contributed by atoms with Crippen LogP contribution in [0.25, 0.3) is 17.0 Å². The fourth-order valence-electron chi connectivity index (χ4n) is 2.85. The normalized spacial score (nSPS) is 19.5. The van der Waals surface area contributed by atoms with E-state index in [1.165, 1.54) is 6.33 Å². The largest absolute Gasteiger partial charge is 0.361 e. The Morgan fingerprint density at radius 2 is 2.04 bits per heavy atom. The summed E-state index contributed by atoms with van der Waals surface area (Å²) >= 11 is 0. The number of fused-ring (bicyclic) bond motifs is 1. The SMILES string of the molecule is O=C1NC(Cc2c[nH]c3ccccc23)C(=O)N/C1=C/c1cnc[nH]1. The molecule has 2 aromatic heterocycles. The molecule has 1 atom stereocenters. The van der Waals surface area contributed by atoms with E-state index < -0.39 is 6.04 Å². The van der Waals surface area contributed by atoms with Gasteiger partial charge in [-0.05, 0) is 17.7 Å². The molecule has 7 nitrogen and oxygen atoms in total. The minimum atomic E-state index is -0.601. The number of hydrogen-bond acceptors (Lipinski definition) is 3. The third-order valence-corrected chi connectivity index (χ3v) is 4.04. The molecule has 4 rings (SSSR count). The summed E-state index contributed by atoms with van der Waals surface area (Å²) in [5.41, 5.74) is 2.86. The summed E-state index contributed by atoms with van der Waals surface area (Å²) < 4.78 is 0. The molecule has 0 aliphatic carbocycles. The Labute approximate surface area is 137 Å². The summed E-state index contributed by atoms with van der Waals surface area (Å²) in [4.78, 5) is 34.5. The third kappa shape index (κ3) is 2.56. The van der Waals surface area contributed by atoms with Crippen molar-refractivity contribution < 1.29 is 9.59 Å². The van der Waals surface area contributed by atoms with E-state index in [2.05, 4.69) is 25.6 Å². The lowest BCUT2D eigenvalue weighted by Crippen LogP contribution is -2.55. The first-order valence-electron chi connectivity index (χ1n) is 7.57. The summed E-state index contributed by atoms with van der Waals surface area (Å²) in [7, 11) is 0. The van der Waals surface area contributed by atoms with Crippen molar-refractivity contribution in [3.05, 3.63) is 59.9 Å². The number of nitrogens with zero attached hydrogens (tertiary/aromatic N) is 1. The summed E-state index contributed by atoms with van der Waals surface area (Å²) in [6.07, 6.45) is 6.94. The minimum absolute atomic E-state index is 0.208. The van der Waals surface area contributed by atoms with Gasteiger partial charge in [-0.2, -0.15) is 0 Å². The molecule has 0 spiro atoms. The molecular weight excluding hydrogens is 306 g/mol. The summed E-state index contributed by atoms with van der Waals surface area (Å²) in [6, 6.07) is 7.27. The Balaban J connectivity index is 1.54. The van der Waals surface area contributed by atoms with E-state index in [1.54, 1.807) is 12.3 Å². The maximum absolute atomic E-state index is 12.3. The van der Waals surface area contributed by atoms with Gasteiger partial charge in [-0.25, -0.2) is 4.98 Å². The van der Waals surface area contributed by atoms with E-state index in [0.717, 1.165) is 16.5 Å². The second-order valence-corrected chi connectivity index (χ2v) is 5.64. The number of aromatic nitrogens is 3. The van der Waals surface area contributed by atoms with Crippen molar-refractivity contribution in [3.63, 3.8) is 0 Å². The zero-order valence-electron chi connectivity index (χ0n) is 12.7. The van der Waals surface area contributed by atoms with E-state index in [4.69, 9.17) is 0 Å². The number of para-hydroxylation sites is 1.